The molecule has 9 heteroatoms. The Morgan fingerprint density at radius 2 is 1.67 bits per heavy atom. The molecule has 0 aliphatic carbocycles. The summed E-state index contributed by atoms with van der Waals surface area (Å²) in [4.78, 5) is 44.8. The van der Waals surface area contributed by atoms with Crippen LogP contribution in [0.25, 0.3) is 0 Å². The summed E-state index contributed by atoms with van der Waals surface area (Å²) in [6.45, 7) is 3.42. The lowest BCUT2D eigenvalue weighted by molar-refractivity contribution is -0.149. The average molecular weight is 490 g/mol. The number of methoxy groups -OCH3 is 1. The molecule has 0 bridgehead atoms. The highest BCUT2D eigenvalue weighted by Crippen LogP contribution is 2.30. The summed E-state index contributed by atoms with van der Waals surface area (Å²) in [6.07, 6.45) is 1.36. The molecule has 2 saturated heterocycles. The molecule has 0 spiro atoms. The van der Waals surface area contributed by atoms with Gasteiger partial charge < -0.3 is 14.5 Å². The first kappa shape index (κ1) is 23.7. The zero-order valence-electron chi connectivity index (χ0n) is 18.6. The minimum Gasteiger partial charge on any atom is -0.468 e. The summed E-state index contributed by atoms with van der Waals surface area (Å²) < 4.78 is 5.05. The van der Waals surface area contributed by atoms with Crippen molar-refractivity contribution in [2.75, 3.05) is 46.4 Å². The predicted molar refractivity (Wildman–Crippen MR) is 127 cm³/mol. The standard InChI is InChI=1S/C24H28ClN3O4S/c1-32-24(31)21(18-5-2-3-6-19(18)25)26-12-14-28(15-13-26)22(29)17-8-10-27(11-9-17)23(30)20-7-4-16-33-20/h2-7,16-17,21H,8-15H2,1H3/t21-/m1/s1. The SMILES string of the molecule is COC(=O)[C@@H](c1ccccc1Cl)N1CCN(C(=O)C2CCN(C(=O)c3cccs3)CC2)CC1. The van der Waals surface area contributed by atoms with E-state index in [0.717, 1.165) is 4.88 Å². The third kappa shape index (κ3) is 5.23. The molecule has 1 atom stereocenters. The van der Waals surface area contributed by atoms with Crippen LogP contribution in [0.4, 0.5) is 0 Å². The smallest absolute Gasteiger partial charge is 0.327 e. The first-order valence-corrected chi connectivity index (χ1v) is 12.4. The number of piperidine rings is 1. The molecular weight excluding hydrogens is 462 g/mol. The molecule has 2 aromatic rings. The molecule has 176 valence electrons. The summed E-state index contributed by atoms with van der Waals surface area (Å²) in [5, 5.41) is 2.43. The number of ether oxygens (including phenoxy) is 1. The number of rotatable bonds is 5. The van der Waals surface area contributed by atoms with Crippen molar-refractivity contribution in [1.82, 2.24) is 14.7 Å². The van der Waals surface area contributed by atoms with E-state index in [1.54, 1.807) is 6.07 Å². The number of likely N-dealkylation sites (tertiary alicyclic amines) is 1. The summed E-state index contributed by atoms with van der Waals surface area (Å²) >= 11 is 7.81. The fraction of sp³-hybridized carbons (Fsp3) is 0.458. The van der Waals surface area contributed by atoms with Gasteiger partial charge in [-0.25, -0.2) is 4.79 Å². The Balaban J connectivity index is 1.33. The van der Waals surface area contributed by atoms with Gasteiger partial charge in [-0.15, -0.1) is 11.3 Å². The highest BCUT2D eigenvalue weighted by Gasteiger charge is 2.36. The van der Waals surface area contributed by atoms with Gasteiger partial charge in [0.05, 0.1) is 12.0 Å². The number of thiophene rings is 1. The minimum absolute atomic E-state index is 0.0536. The van der Waals surface area contributed by atoms with Crippen molar-refractivity contribution in [2.24, 2.45) is 5.92 Å². The van der Waals surface area contributed by atoms with E-state index in [0.29, 0.717) is 62.7 Å². The maximum Gasteiger partial charge on any atom is 0.327 e. The number of hydrogen-bond acceptors (Lipinski definition) is 6. The van der Waals surface area contributed by atoms with Crippen molar-refractivity contribution < 1.29 is 19.1 Å². The van der Waals surface area contributed by atoms with E-state index in [9.17, 15) is 14.4 Å². The van der Waals surface area contributed by atoms with E-state index in [1.165, 1.54) is 18.4 Å². The second-order valence-corrected chi connectivity index (χ2v) is 9.71. The van der Waals surface area contributed by atoms with Gasteiger partial charge in [-0.2, -0.15) is 0 Å². The van der Waals surface area contributed by atoms with Gasteiger partial charge in [-0.3, -0.25) is 14.5 Å². The summed E-state index contributed by atoms with van der Waals surface area (Å²) in [5.74, 6) is -0.224. The zero-order valence-corrected chi connectivity index (χ0v) is 20.2. The molecule has 0 N–H and O–H groups in total. The van der Waals surface area contributed by atoms with Gasteiger partial charge in [0.1, 0.15) is 6.04 Å². The molecular formula is C24H28ClN3O4S. The van der Waals surface area contributed by atoms with Crippen LogP contribution >= 0.6 is 22.9 Å². The van der Waals surface area contributed by atoms with Gasteiger partial charge in [0.2, 0.25) is 5.91 Å². The van der Waals surface area contributed by atoms with Crippen LogP contribution in [-0.4, -0.2) is 78.9 Å². The number of esters is 1. The molecule has 4 rings (SSSR count). The van der Waals surface area contributed by atoms with Gasteiger partial charge in [0, 0.05) is 50.2 Å². The van der Waals surface area contributed by atoms with Crippen LogP contribution in [0.5, 0.6) is 0 Å². The fourth-order valence-electron chi connectivity index (χ4n) is 4.63. The number of benzene rings is 1. The van der Waals surface area contributed by atoms with E-state index >= 15 is 0 Å². The third-order valence-corrected chi connectivity index (χ3v) is 7.68. The van der Waals surface area contributed by atoms with E-state index in [4.69, 9.17) is 16.3 Å². The molecule has 0 saturated carbocycles. The molecule has 1 aromatic carbocycles. The molecule has 0 radical (unpaired) electrons. The number of hydrogen-bond donors (Lipinski definition) is 0. The Morgan fingerprint density at radius 1 is 0.970 bits per heavy atom. The number of halogens is 1. The van der Waals surface area contributed by atoms with E-state index < -0.39 is 6.04 Å². The van der Waals surface area contributed by atoms with Crippen LogP contribution in [0.1, 0.15) is 34.1 Å². The number of carbonyl (C=O) groups excluding carboxylic acids is 3. The molecule has 2 fully saturated rings. The van der Waals surface area contributed by atoms with Crippen LogP contribution < -0.4 is 0 Å². The average Bonchev–Trinajstić information content (AvgIpc) is 3.40. The molecule has 0 unspecified atom stereocenters. The lowest BCUT2D eigenvalue weighted by Crippen LogP contribution is -2.53. The summed E-state index contributed by atoms with van der Waals surface area (Å²) in [6, 6.07) is 10.4. The van der Waals surface area contributed by atoms with E-state index in [1.807, 2.05) is 50.4 Å². The quantitative estimate of drug-likeness (QED) is 0.603. The number of carbonyl (C=O) groups is 3. The normalized spacial score (nSPS) is 18.7. The molecule has 33 heavy (non-hydrogen) atoms. The lowest BCUT2D eigenvalue weighted by atomic mass is 9.94. The second-order valence-electron chi connectivity index (χ2n) is 8.35. The fourth-order valence-corrected chi connectivity index (χ4v) is 5.56. The van der Waals surface area contributed by atoms with Gasteiger partial charge in [0.15, 0.2) is 0 Å². The number of nitrogens with zero attached hydrogens (tertiary/aromatic N) is 3. The number of amides is 2. The summed E-state index contributed by atoms with van der Waals surface area (Å²) in [7, 11) is 1.38. The van der Waals surface area contributed by atoms with Crippen LogP contribution in [0.3, 0.4) is 0 Å². The maximum absolute atomic E-state index is 13.1. The molecule has 1 aromatic heterocycles. The first-order chi connectivity index (χ1) is 16.0. The molecule has 7 nitrogen and oxygen atoms in total. The number of piperazine rings is 1. The van der Waals surface area contributed by atoms with Crippen molar-refractivity contribution in [3.05, 3.63) is 57.2 Å². The monoisotopic (exact) mass is 489 g/mol. The predicted octanol–water partition coefficient (Wildman–Crippen LogP) is 3.31. The highest BCUT2D eigenvalue weighted by molar-refractivity contribution is 7.12. The van der Waals surface area contributed by atoms with Gasteiger partial charge in [-0.1, -0.05) is 35.9 Å². The largest absolute Gasteiger partial charge is 0.468 e. The van der Waals surface area contributed by atoms with Gasteiger partial charge >= 0.3 is 5.97 Å². The Bertz CT molecular complexity index is 983. The Labute approximate surface area is 202 Å². The lowest BCUT2D eigenvalue weighted by Gasteiger charge is -2.40. The van der Waals surface area contributed by atoms with E-state index in [-0.39, 0.29) is 23.7 Å². The van der Waals surface area contributed by atoms with Crippen LogP contribution in [0, 0.1) is 5.92 Å². The maximum atomic E-state index is 13.1. The first-order valence-electron chi connectivity index (χ1n) is 11.2. The minimum atomic E-state index is -0.590. The zero-order chi connectivity index (χ0) is 23.4. The van der Waals surface area contributed by atoms with Crippen LogP contribution in [0.15, 0.2) is 41.8 Å². The molecule has 2 amide bonds. The van der Waals surface area contributed by atoms with Crippen molar-refractivity contribution in [3.8, 4) is 0 Å². The van der Waals surface area contributed by atoms with Crippen molar-refractivity contribution in [2.45, 2.75) is 18.9 Å². The Kier molecular flexibility index (Phi) is 7.67. The van der Waals surface area contributed by atoms with E-state index in [2.05, 4.69) is 0 Å². The van der Waals surface area contributed by atoms with Gasteiger partial charge in [-0.05, 0) is 35.9 Å². The van der Waals surface area contributed by atoms with Gasteiger partial charge in [0.25, 0.3) is 5.91 Å². The van der Waals surface area contributed by atoms with Crippen LogP contribution in [-0.2, 0) is 14.3 Å². The highest BCUT2D eigenvalue weighted by atomic mass is 35.5. The van der Waals surface area contributed by atoms with Crippen molar-refractivity contribution in [1.29, 1.82) is 0 Å². The topological polar surface area (TPSA) is 70.2 Å². The Hall–Kier alpha value is -2.42. The van der Waals surface area contributed by atoms with Crippen molar-refractivity contribution in [3.63, 3.8) is 0 Å². The molecule has 3 heterocycles. The third-order valence-electron chi connectivity index (χ3n) is 6.48. The van der Waals surface area contributed by atoms with Crippen LogP contribution in [0.2, 0.25) is 5.02 Å². The van der Waals surface area contributed by atoms with Crippen molar-refractivity contribution >= 4 is 40.7 Å². The molecule has 2 aliphatic rings. The summed E-state index contributed by atoms with van der Waals surface area (Å²) in [5.41, 5.74) is 0.716. The Morgan fingerprint density at radius 3 is 2.27 bits per heavy atom. The molecule has 2 aliphatic heterocycles. The second kappa shape index (κ2) is 10.7.